The molecular formula is C15H6F3N5O3. The average Bonchev–Trinajstić information content (AvgIpc) is 2.61. The molecule has 2 amide bonds. The number of non-ortho nitro benzene ring substituents is 1. The average molecular weight is 361 g/mol. The molecule has 0 heterocycles. The first-order valence-electron chi connectivity index (χ1n) is 6.63. The lowest BCUT2D eigenvalue weighted by atomic mass is 10.1. The molecule has 0 radical (unpaired) electrons. The minimum Gasteiger partial charge on any atom is -0.308 e. The molecular weight excluding hydrogens is 355 g/mol. The summed E-state index contributed by atoms with van der Waals surface area (Å²) in [7, 11) is 0. The second-order valence-electron chi connectivity index (χ2n) is 4.67. The Labute approximate surface area is 143 Å². The maximum atomic E-state index is 14.1. The molecule has 2 aromatic rings. The number of rotatable bonds is 3. The smallest absolute Gasteiger partial charge is 0.308 e. The highest BCUT2D eigenvalue weighted by molar-refractivity contribution is 6.00. The number of halogens is 3. The van der Waals surface area contributed by atoms with Crippen LogP contribution in [0.1, 0.15) is 11.1 Å². The Morgan fingerprint density at radius 2 is 1.50 bits per heavy atom. The summed E-state index contributed by atoms with van der Waals surface area (Å²) in [5.41, 5.74) is -3.62. The Kier molecular flexibility index (Phi) is 5.04. The topological polar surface area (TPSA) is 132 Å². The lowest BCUT2D eigenvalue weighted by Gasteiger charge is -2.12. The first kappa shape index (κ1) is 18.2. The van der Waals surface area contributed by atoms with Crippen molar-refractivity contribution in [3.8, 4) is 12.1 Å². The number of anilines is 2. The van der Waals surface area contributed by atoms with E-state index in [9.17, 15) is 28.1 Å². The van der Waals surface area contributed by atoms with Crippen molar-refractivity contribution in [2.24, 2.45) is 0 Å². The molecule has 0 atom stereocenters. The Hall–Kier alpha value is -4.12. The third-order valence-electron chi connectivity index (χ3n) is 3.12. The van der Waals surface area contributed by atoms with E-state index in [4.69, 9.17) is 10.5 Å². The largest absolute Gasteiger partial charge is 0.323 e. The maximum absolute atomic E-state index is 14.1. The lowest BCUT2D eigenvalue weighted by molar-refractivity contribution is -0.384. The molecule has 0 aliphatic rings. The molecule has 11 heteroatoms. The van der Waals surface area contributed by atoms with Crippen molar-refractivity contribution < 1.29 is 22.9 Å². The van der Waals surface area contributed by atoms with Gasteiger partial charge in [0.15, 0.2) is 17.5 Å². The van der Waals surface area contributed by atoms with Gasteiger partial charge in [0.25, 0.3) is 5.69 Å². The monoisotopic (exact) mass is 361 g/mol. The van der Waals surface area contributed by atoms with Gasteiger partial charge in [0.1, 0.15) is 29.0 Å². The fraction of sp³-hybridized carbons (Fsp3) is 0. The number of amides is 2. The van der Waals surface area contributed by atoms with E-state index in [0.29, 0.717) is 0 Å². The Bertz CT molecular complexity index is 994. The van der Waals surface area contributed by atoms with Crippen LogP contribution in [0.3, 0.4) is 0 Å². The lowest BCUT2D eigenvalue weighted by Crippen LogP contribution is -2.22. The molecule has 2 N–H and O–H groups in total. The van der Waals surface area contributed by atoms with Gasteiger partial charge in [-0.15, -0.1) is 0 Å². The van der Waals surface area contributed by atoms with Crippen LogP contribution < -0.4 is 10.6 Å². The van der Waals surface area contributed by atoms with Gasteiger partial charge in [0, 0.05) is 17.8 Å². The number of nitrogens with one attached hydrogen (secondary N) is 2. The van der Waals surface area contributed by atoms with Gasteiger partial charge in [-0.2, -0.15) is 10.5 Å². The zero-order chi connectivity index (χ0) is 19.4. The fourth-order valence-electron chi connectivity index (χ4n) is 1.92. The van der Waals surface area contributed by atoms with Gasteiger partial charge in [-0.3, -0.25) is 10.1 Å². The van der Waals surface area contributed by atoms with E-state index in [1.165, 1.54) is 18.2 Å². The van der Waals surface area contributed by atoms with Gasteiger partial charge < -0.3 is 10.6 Å². The third kappa shape index (κ3) is 3.37. The van der Waals surface area contributed by atoms with Crippen molar-refractivity contribution in [1.29, 1.82) is 10.5 Å². The van der Waals surface area contributed by atoms with E-state index in [0.717, 1.165) is 18.2 Å². The summed E-state index contributed by atoms with van der Waals surface area (Å²) in [5, 5.41) is 32.1. The van der Waals surface area contributed by atoms with Gasteiger partial charge in [-0.1, -0.05) is 0 Å². The number of nitro groups is 1. The van der Waals surface area contributed by atoms with Gasteiger partial charge in [-0.25, -0.2) is 18.0 Å². The second-order valence-corrected chi connectivity index (χ2v) is 4.67. The molecule has 2 rings (SSSR count). The van der Waals surface area contributed by atoms with Crippen LogP contribution >= 0.6 is 0 Å². The van der Waals surface area contributed by atoms with Gasteiger partial charge in [-0.05, 0) is 12.1 Å². The summed E-state index contributed by atoms with van der Waals surface area (Å²) in [6.45, 7) is 0. The predicted octanol–water partition coefficient (Wildman–Crippen LogP) is 3.40. The third-order valence-corrected chi connectivity index (χ3v) is 3.12. The number of urea groups is 1. The summed E-state index contributed by atoms with van der Waals surface area (Å²) in [4.78, 5) is 21.8. The number of hydrogen-bond acceptors (Lipinski definition) is 5. The number of carbonyl (C=O) groups excluding carboxylic acids is 1. The normalized spacial score (nSPS) is 9.73. The second kappa shape index (κ2) is 7.19. The molecule has 0 fully saturated rings. The van der Waals surface area contributed by atoms with Crippen LogP contribution in [0.2, 0.25) is 0 Å². The van der Waals surface area contributed by atoms with Crippen molar-refractivity contribution in [3.05, 3.63) is 63.0 Å². The van der Waals surface area contributed by atoms with E-state index in [1.54, 1.807) is 0 Å². The number of nitro benzene ring substituents is 1. The quantitative estimate of drug-likeness (QED) is 0.491. The molecule has 0 saturated heterocycles. The number of carbonyl (C=O) groups is 1. The van der Waals surface area contributed by atoms with E-state index in [1.807, 2.05) is 5.32 Å². The van der Waals surface area contributed by atoms with Crippen molar-refractivity contribution in [3.63, 3.8) is 0 Å². The number of nitrogens with zero attached hydrogens (tertiary/aromatic N) is 3. The molecule has 0 spiro atoms. The van der Waals surface area contributed by atoms with E-state index >= 15 is 0 Å². The van der Waals surface area contributed by atoms with Crippen molar-refractivity contribution in [2.75, 3.05) is 10.6 Å². The summed E-state index contributed by atoms with van der Waals surface area (Å²) in [6.07, 6.45) is 0. The van der Waals surface area contributed by atoms with Gasteiger partial charge in [0.2, 0.25) is 0 Å². The maximum Gasteiger partial charge on any atom is 0.323 e. The fourth-order valence-corrected chi connectivity index (χ4v) is 1.92. The Morgan fingerprint density at radius 1 is 0.962 bits per heavy atom. The first-order chi connectivity index (χ1) is 12.3. The van der Waals surface area contributed by atoms with E-state index in [2.05, 4.69) is 5.32 Å². The highest BCUT2D eigenvalue weighted by atomic mass is 19.2. The molecule has 26 heavy (non-hydrogen) atoms. The van der Waals surface area contributed by atoms with Crippen LogP contribution in [-0.4, -0.2) is 11.0 Å². The van der Waals surface area contributed by atoms with E-state index < -0.39 is 45.2 Å². The van der Waals surface area contributed by atoms with Crippen LogP contribution in [0.4, 0.5) is 35.0 Å². The standard InChI is InChI=1S/C15H6F3N5O3/c16-11-9(5-19)13(18)14(10(6-20)12(11)17)22-15(24)21-7-1-3-8(4-2-7)23(25)26/h1-4H,(H2,21,22,24). The zero-order valence-electron chi connectivity index (χ0n) is 12.5. The summed E-state index contributed by atoms with van der Waals surface area (Å²) in [5.74, 6) is -5.24. The molecule has 0 aliphatic heterocycles. The number of hydrogen-bond donors (Lipinski definition) is 2. The van der Waals surface area contributed by atoms with Crippen LogP contribution in [-0.2, 0) is 0 Å². The molecule has 0 bridgehead atoms. The molecule has 0 unspecified atom stereocenters. The van der Waals surface area contributed by atoms with Crippen LogP contribution in [0, 0.1) is 50.2 Å². The molecule has 0 aromatic heterocycles. The van der Waals surface area contributed by atoms with Gasteiger partial charge >= 0.3 is 6.03 Å². The highest BCUT2D eigenvalue weighted by Gasteiger charge is 2.26. The number of benzene rings is 2. The number of nitriles is 2. The van der Waals surface area contributed by atoms with Crippen molar-refractivity contribution >= 4 is 23.1 Å². The minimum absolute atomic E-state index is 0.0649. The van der Waals surface area contributed by atoms with Gasteiger partial charge in [0.05, 0.1) is 4.92 Å². The highest BCUT2D eigenvalue weighted by Crippen LogP contribution is 2.28. The summed E-state index contributed by atoms with van der Waals surface area (Å²) in [6, 6.07) is 5.67. The molecule has 0 aliphatic carbocycles. The first-order valence-corrected chi connectivity index (χ1v) is 6.63. The van der Waals surface area contributed by atoms with E-state index in [-0.39, 0.29) is 11.4 Å². The summed E-state index contributed by atoms with van der Waals surface area (Å²) >= 11 is 0. The molecule has 8 nitrogen and oxygen atoms in total. The molecule has 0 saturated carbocycles. The minimum atomic E-state index is -1.84. The van der Waals surface area contributed by atoms with Crippen LogP contribution in [0.5, 0.6) is 0 Å². The molecule has 130 valence electrons. The van der Waals surface area contributed by atoms with Crippen LogP contribution in [0.15, 0.2) is 24.3 Å². The Balaban J connectivity index is 2.32. The van der Waals surface area contributed by atoms with Crippen molar-refractivity contribution in [1.82, 2.24) is 0 Å². The van der Waals surface area contributed by atoms with Crippen LogP contribution in [0.25, 0.3) is 0 Å². The predicted molar refractivity (Wildman–Crippen MR) is 81.5 cm³/mol. The van der Waals surface area contributed by atoms with Crippen molar-refractivity contribution in [2.45, 2.75) is 0 Å². The Morgan fingerprint density at radius 3 is 2.00 bits per heavy atom. The summed E-state index contributed by atoms with van der Waals surface area (Å²) < 4.78 is 41.3. The zero-order valence-corrected chi connectivity index (χ0v) is 12.5. The SMILES string of the molecule is N#Cc1c(F)c(F)c(C#N)c(NC(=O)Nc2ccc([N+](=O)[O-])cc2)c1F. The molecule has 2 aromatic carbocycles.